The molecule has 0 atom stereocenters. The highest BCUT2D eigenvalue weighted by Crippen LogP contribution is 2.20. The van der Waals surface area contributed by atoms with E-state index in [1.165, 1.54) is 0 Å². The van der Waals surface area contributed by atoms with Gasteiger partial charge >= 0.3 is 17.8 Å². The molecular formula is C23H17Cl2N3O4. The van der Waals surface area contributed by atoms with E-state index >= 15 is 0 Å². The molecule has 0 fully saturated rings. The smallest absolute Gasteiger partial charge is 0.343 e. The maximum Gasteiger partial charge on any atom is 0.343 e. The number of ether oxygens (including phenoxy) is 1. The van der Waals surface area contributed by atoms with E-state index < -0.39 is 17.8 Å². The van der Waals surface area contributed by atoms with Gasteiger partial charge in [0.05, 0.1) is 22.0 Å². The Morgan fingerprint density at radius 3 is 2.09 bits per heavy atom. The second kappa shape index (κ2) is 10.6. The SMILES string of the molecule is C/C(=N\NC(=O)C(=O)Nc1ccccc1Cl)c1ccc(OC(=O)c2ccc(Cl)cc2)cc1. The summed E-state index contributed by atoms with van der Waals surface area (Å²) in [5.41, 5.74) is 3.98. The van der Waals surface area contributed by atoms with E-state index in [1.807, 2.05) is 0 Å². The van der Waals surface area contributed by atoms with Crippen LogP contribution in [-0.2, 0) is 9.59 Å². The zero-order valence-electron chi connectivity index (χ0n) is 16.8. The number of amides is 2. The van der Waals surface area contributed by atoms with Crippen LogP contribution in [0.4, 0.5) is 5.69 Å². The molecule has 0 aliphatic carbocycles. The monoisotopic (exact) mass is 469 g/mol. The second-order valence-corrected chi connectivity index (χ2v) is 7.34. The van der Waals surface area contributed by atoms with Gasteiger partial charge in [0.2, 0.25) is 0 Å². The molecular weight excluding hydrogens is 453 g/mol. The predicted octanol–water partition coefficient (Wildman–Crippen LogP) is 4.69. The molecule has 0 radical (unpaired) electrons. The van der Waals surface area contributed by atoms with Crippen molar-refractivity contribution in [2.24, 2.45) is 5.10 Å². The van der Waals surface area contributed by atoms with Crippen molar-refractivity contribution in [1.82, 2.24) is 5.43 Å². The summed E-state index contributed by atoms with van der Waals surface area (Å²) >= 11 is 11.8. The minimum absolute atomic E-state index is 0.310. The van der Waals surface area contributed by atoms with Crippen molar-refractivity contribution < 1.29 is 19.1 Å². The largest absolute Gasteiger partial charge is 0.423 e. The Morgan fingerprint density at radius 2 is 1.44 bits per heavy atom. The fourth-order valence-electron chi connectivity index (χ4n) is 2.51. The fourth-order valence-corrected chi connectivity index (χ4v) is 2.82. The first-order valence-corrected chi connectivity index (χ1v) is 10.1. The molecule has 162 valence electrons. The third kappa shape index (κ3) is 6.16. The molecule has 0 bridgehead atoms. The molecule has 9 heteroatoms. The summed E-state index contributed by atoms with van der Waals surface area (Å²) in [6.07, 6.45) is 0. The number of nitrogens with one attached hydrogen (secondary N) is 2. The fraction of sp³-hybridized carbons (Fsp3) is 0.0435. The molecule has 3 rings (SSSR count). The van der Waals surface area contributed by atoms with Gasteiger partial charge in [0, 0.05) is 5.02 Å². The van der Waals surface area contributed by atoms with Crippen LogP contribution in [0.5, 0.6) is 5.75 Å². The lowest BCUT2D eigenvalue weighted by Gasteiger charge is -2.07. The number of rotatable bonds is 5. The van der Waals surface area contributed by atoms with Gasteiger partial charge in [0.25, 0.3) is 0 Å². The van der Waals surface area contributed by atoms with Gasteiger partial charge < -0.3 is 10.1 Å². The van der Waals surface area contributed by atoms with Crippen molar-refractivity contribution in [1.29, 1.82) is 0 Å². The van der Waals surface area contributed by atoms with Crippen LogP contribution < -0.4 is 15.5 Å². The lowest BCUT2D eigenvalue weighted by Crippen LogP contribution is -2.33. The Labute approximate surface area is 194 Å². The van der Waals surface area contributed by atoms with Gasteiger partial charge in [0.1, 0.15) is 5.75 Å². The second-order valence-electron chi connectivity index (χ2n) is 6.49. The summed E-state index contributed by atoms with van der Waals surface area (Å²) in [5, 5.41) is 7.17. The number of carbonyl (C=O) groups is 3. The van der Waals surface area contributed by atoms with Crippen molar-refractivity contribution in [3.05, 3.63) is 94.0 Å². The van der Waals surface area contributed by atoms with Crippen molar-refractivity contribution >= 4 is 52.4 Å². The number of halogens is 2. The summed E-state index contributed by atoms with van der Waals surface area (Å²) in [5.74, 6) is -2.03. The number of hydrogen-bond acceptors (Lipinski definition) is 5. The number of benzene rings is 3. The number of carbonyl (C=O) groups excluding carboxylic acids is 3. The van der Waals surface area contributed by atoms with Crippen LogP contribution >= 0.6 is 23.2 Å². The van der Waals surface area contributed by atoms with Crippen LogP contribution in [0.3, 0.4) is 0 Å². The van der Waals surface area contributed by atoms with Gasteiger partial charge in [-0.25, -0.2) is 10.2 Å². The van der Waals surface area contributed by atoms with Gasteiger partial charge in [-0.1, -0.05) is 35.3 Å². The van der Waals surface area contributed by atoms with Crippen LogP contribution in [0, 0.1) is 0 Å². The maximum absolute atomic E-state index is 12.2. The molecule has 2 amide bonds. The zero-order valence-corrected chi connectivity index (χ0v) is 18.3. The average molecular weight is 470 g/mol. The van der Waals surface area contributed by atoms with Crippen LogP contribution in [-0.4, -0.2) is 23.5 Å². The minimum Gasteiger partial charge on any atom is -0.423 e. The van der Waals surface area contributed by atoms with E-state index in [0.29, 0.717) is 38.3 Å². The molecule has 0 heterocycles. The highest BCUT2D eigenvalue weighted by Gasteiger charge is 2.15. The molecule has 0 saturated heterocycles. The number of anilines is 1. The lowest BCUT2D eigenvalue weighted by atomic mass is 10.1. The van der Waals surface area contributed by atoms with Crippen LogP contribution in [0.15, 0.2) is 77.9 Å². The Bertz CT molecular complexity index is 1180. The third-order valence-electron chi connectivity index (χ3n) is 4.22. The predicted molar refractivity (Wildman–Crippen MR) is 123 cm³/mol. The van der Waals surface area contributed by atoms with Crippen molar-refractivity contribution in [3.63, 3.8) is 0 Å². The molecule has 0 aliphatic heterocycles. The number of nitrogens with zero attached hydrogens (tertiary/aromatic N) is 1. The van der Waals surface area contributed by atoms with Gasteiger partial charge in [-0.2, -0.15) is 5.10 Å². The standard InChI is InChI=1S/C23H17Cl2N3O4/c1-14(27-28-22(30)21(29)26-20-5-3-2-4-19(20)25)15-8-12-18(13-9-15)32-23(31)16-6-10-17(24)11-7-16/h2-13H,1H3,(H,26,29)(H,28,30)/b27-14+. The van der Waals surface area contributed by atoms with E-state index in [-0.39, 0.29) is 0 Å². The molecule has 0 aromatic heterocycles. The zero-order chi connectivity index (χ0) is 23.1. The number of hydrazone groups is 1. The van der Waals surface area contributed by atoms with Crippen molar-refractivity contribution in [3.8, 4) is 5.75 Å². The van der Waals surface area contributed by atoms with Gasteiger partial charge in [-0.05, 0) is 73.2 Å². The average Bonchev–Trinajstić information content (AvgIpc) is 2.79. The Morgan fingerprint density at radius 1 is 0.812 bits per heavy atom. The quantitative estimate of drug-likeness (QED) is 0.186. The molecule has 2 N–H and O–H groups in total. The normalized spacial score (nSPS) is 10.9. The van der Waals surface area contributed by atoms with E-state index in [9.17, 15) is 14.4 Å². The molecule has 0 aliphatic rings. The van der Waals surface area contributed by atoms with Gasteiger partial charge in [-0.3, -0.25) is 9.59 Å². The molecule has 0 saturated carbocycles. The van der Waals surface area contributed by atoms with Crippen LogP contribution in [0.1, 0.15) is 22.8 Å². The Hall–Kier alpha value is -3.68. The highest BCUT2D eigenvalue weighted by molar-refractivity contribution is 6.41. The minimum atomic E-state index is -0.946. The molecule has 7 nitrogen and oxygen atoms in total. The first kappa shape index (κ1) is 23.0. The number of esters is 1. The number of hydrogen-bond donors (Lipinski definition) is 2. The van der Waals surface area contributed by atoms with Gasteiger partial charge in [0.15, 0.2) is 0 Å². The first-order chi connectivity index (χ1) is 15.3. The lowest BCUT2D eigenvalue weighted by molar-refractivity contribution is -0.136. The summed E-state index contributed by atoms with van der Waals surface area (Å²) in [6.45, 7) is 1.65. The summed E-state index contributed by atoms with van der Waals surface area (Å²) in [4.78, 5) is 36.1. The van der Waals surface area contributed by atoms with E-state index in [1.54, 1.807) is 79.7 Å². The first-order valence-electron chi connectivity index (χ1n) is 9.32. The van der Waals surface area contributed by atoms with E-state index in [0.717, 1.165) is 0 Å². The molecule has 3 aromatic rings. The van der Waals surface area contributed by atoms with Crippen LogP contribution in [0.2, 0.25) is 10.0 Å². The Kier molecular flexibility index (Phi) is 7.59. The summed E-state index contributed by atoms with van der Waals surface area (Å²) in [7, 11) is 0. The molecule has 0 spiro atoms. The third-order valence-corrected chi connectivity index (χ3v) is 4.80. The Balaban J connectivity index is 1.57. The maximum atomic E-state index is 12.2. The highest BCUT2D eigenvalue weighted by atomic mass is 35.5. The van der Waals surface area contributed by atoms with Crippen molar-refractivity contribution in [2.75, 3.05) is 5.32 Å². The van der Waals surface area contributed by atoms with Gasteiger partial charge in [-0.15, -0.1) is 0 Å². The number of para-hydroxylation sites is 1. The molecule has 0 unspecified atom stereocenters. The van der Waals surface area contributed by atoms with Crippen LogP contribution in [0.25, 0.3) is 0 Å². The van der Waals surface area contributed by atoms with E-state index in [2.05, 4.69) is 15.8 Å². The van der Waals surface area contributed by atoms with E-state index in [4.69, 9.17) is 27.9 Å². The van der Waals surface area contributed by atoms with Crippen molar-refractivity contribution in [2.45, 2.75) is 6.92 Å². The topological polar surface area (TPSA) is 96.9 Å². The summed E-state index contributed by atoms with van der Waals surface area (Å²) in [6, 6.07) is 19.4. The summed E-state index contributed by atoms with van der Waals surface area (Å²) < 4.78 is 5.32. The molecule has 32 heavy (non-hydrogen) atoms. The molecule has 3 aromatic carbocycles.